The predicted octanol–water partition coefficient (Wildman–Crippen LogP) is 9.45. The van der Waals surface area contributed by atoms with Crippen molar-refractivity contribution in [2.45, 2.75) is 65.2 Å². The van der Waals surface area contributed by atoms with E-state index in [2.05, 4.69) is 92.0 Å². The fourth-order valence-corrected chi connectivity index (χ4v) is 6.84. The molecule has 1 aliphatic carbocycles. The molecule has 0 atom stereocenters. The summed E-state index contributed by atoms with van der Waals surface area (Å²) in [5, 5.41) is 5.47. The molecule has 3 aromatic heterocycles. The summed E-state index contributed by atoms with van der Waals surface area (Å²) in [6.07, 6.45) is 9.78. The molecule has 0 N–H and O–H groups in total. The van der Waals surface area contributed by atoms with Crippen molar-refractivity contribution in [2.75, 3.05) is 0 Å². The zero-order valence-corrected chi connectivity index (χ0v) is 21.6. The van der Waals surface area contributed by atoms with Crippen LogP contribution in [0.15, 0.2) is 66.9 Å². The molecule has 0 aliphatic heterocycles. The minimum absolute atomic E-state index is 0.610. The molecule has 180 valence electrons. The van der Waals surface area contributed by atoms with Crippen molar-refractivity contribution < 1.29 is 0 Å². The Balaban J connectivity index is 1.57. The van der Waals surface area contributed by atoms with E-state index in [1.54, 1.807) is 0 Å². The lowest BCUT2D eigenvalue weighted by molar-refractivity contribution is 0.445. The molecule has 7 rings (SSSR count). The van der Waals surface area contributed by atoms with Gasteiger partial charge >= 0.3 is 0 Å². The molecule has 1 fully saturated rings. The van der Waals surface area contributed by atoms with Crippen LogP contribution in [0.5, 0.6) is 0 Å². The second kappa shape index (κ2) is 8.34. The van der Waals surface area contributed by atoms with E-state index in [0.29, 0.717) is 11.8 Å². The van der Waals surface area contributed by atoms with Gasteiger partial charge < -0.3 is 4.40 Å². The molecule has 1 saturated carbocycles. The number of rotatable bonds is 4. The quantitative estimate of drug-likeness (QED) is 0.251. The van der Waals surface area contributed by atoms with Crippen LogP contribution in [0.2, 0.25) is 0 Å². The van der Waals surface area contributed by atoms with Crippen molar-refractivity contribution in [3.8, 4) is 11.3 Å². The lowest BCUT2D eigenvalue weighted by atomic mass is 9.82. The highest BCUT2D eigenvalue weighted by Crippen LogP contribution is 2.45. The van der Waals surface area contributed by atoms with E-state index in [1.165, 1.54) is 92.5 Å². The average molecular weight is 471 g/mol. The Hall–Kier alpha value is -3.39. The number of benzene rings is 3. The number of aromatic nitrogens is 2. The third-order valence-electron chi connectivity index (χ3n) is 8.53. The van der Waals surface area contributed by atoms with E-state index < -0.39 is 0 Å². The first-order valence-corrected chi connectivity index (χ1v) is 13.8. The summed E-state index contributed by atoms with van der Waals surface area (Å²) in [6.45, 7) is 6.80. The minimum Gasteiger partial charge on any atom is -0.308 e. The van der Waals surface area contributed by atoms with Gasteiger partial charge in [0, 0.05) is 33.3 Å². The molecular weight excluding hydrogens is 436 g/mol. The number of para-hydroxylation sites is 2. The smallest absolute Gasteiger partial charge is 0.0705 e. The Morgan fingerprint density at radius 1 is 0.833 bits per heavy atom. The van der Waals surface area contributed by atoms with E-state index >= 15 is 0 Å². The maximum atomic E-state index is 4.96. The molecule has 0 radical (unpaired) electrons. The Bertz CT molecular complexity index is 1730. The van der Waals surface area contributed by atoms with E-state index in [0.717, 1.165) is 12.1 Å². The number of nitrogens with zero attached hydrogens (tertiary/aromatic N) is 2. The van der Waals surface area contributed by atoms with Crippen LogP contribution in [0, 0.1) is 12.8 Å². The monoisotopic (exact) mass is 470 g/mol. The summed E-state index contributed by atoms with van der Waals surface area (Å²) < 4.78 is 2.58. The molecule has 6 aromatic rings. The summed E-state index contributed by atoms with van der Waals surface area (Å²) in [7, 11) is 0. The van der Waals surface area contributed by atoms with Gasteiger partial charge in [0.15, 0.2) is 0 Å². The summed E-state index contributed by atoms with van der Waals surface area (Å²) in [5.41, 5.74) is 10.8. The topological polar surface area (TPSA) is 17.3 Å². The normalized spacial score (nSPS) is 15.3. The average Bonchev–Trinajstić information content (AvgIpc) is 3.42. The molecule has 0 spiro atoms. The first kappa shape index (κ1) is 21.9. The highest BCUT2D eigenvalue weighted by atomic mass is 14.9. The van der Waals surface area contributed by atoms with Crippen LogP contribution in [-0.4, -0.2) is 9.38 Å². The Labute approximate surface area is 213 Å². The Morgan fingerprint density at radius 2 is 1.58 bits per heavy atom. The zero-order valence-electron chi connectivity index (χ0n) is 21.6. The Kier molecular flexibility index (Phi) is 5.06. The van der Waals surface area contributed by atoms with Gasteiger partial charge in [-0.25, -0.2) is 0 Å². The number of hydrogen-bond acceptors (Lipinski definition) is 1. The molecule has 2 heteroatoms. The molecule has 3 aromatic carbocycles. The van der Waals surface area contributed by atoms with Crippen LogP contribution in [0.4, 0.5) is 0 Å². The van der Waals surface area contributed by atoms with Gasteiger partial charge in [0.25, 0.3) is 0 Å². The second-order valence-corrected chi connectivity index (χ2v) is 11.4. The van der Waals surface area contributed by atoms with Gasteiger partial charge in [-0.2, -0.15) is 0 Å². The van der Waals surface area contributed by atoms with Crippen LogP contribution in [0.1, 0.15) is 68.6 Å². The number of fused-ring (bicyclic) bond motifs is 6. The molecular formula is C34H34N2. The van der Waals surface area contributed by atoms with Crippen molar-refractivity contribution in [3.05, 3.63) is 83.6 Å². The van der Waals surface area contributed by atoms with Gasteiger partial charge in [0.05, 0.1) is 22.2 Å². The first-order valence-electron chi connectivity index (χ1n) is 13.8. The first-order chi connectivity index (χ1) is 17.6. The van der Waals surface area contributed by atoms with Crippen LogP contribution in [0.3, 0.4) is 0 Å². The SMILES string of the molecule is Cc1cnc(-c2cc(C3CCCCC3)c3c(c2)c2cccc4c5ccccc5n3c42)cc1CC(C)C. The third kappa shape index (κ3) is 3.27. The third-order valence-corrected chi connectivity index (χ3v) is 8.53. The number of pyridine rings is 1. The van der Waals surface area contributed by atoms with Gasteiger partial charge in [0.2, 0.25) is 0 Å². The second-order valence-electron chi connectivity index (χ2n) is 11.4. The molecule has 1 aliphatic rings. The molecule has 0 unspecified atom stereocenters. The summed E-state index contributed by atoms with van der Waals surface area (Å²) >= 11 is 0. The fourth-order valence-electron chi connectivity index (χ4n) is 6.84. The fraction of sp³-hybridized carbons (Fsp3) is 0.324. The van der Waals surface area contributed by atoms with E-state index in [4.69, 9.17) is 4.98 Å². The van der Waals surface area contributed by atoms with Gasteiger partial charge in [-0.3, -0.25) is 4.98 Å². The number of hydrogen-bond donors (Lipinski definition) is 0. The molecule has 2 nitrogen and oxygen atoms in total. The van der Waals surface area contributed by atoms with E-state index in [9.17, 15) is 0 Å². The van der Waals surface area contributed by atoms with Crippen LogP contribution in [0.25, 0.3) is 49.4 Å². The van der Waals surface area contributed by atoms with Crippen LogP contribution < -0.4 is 0 Å². The minimum atomic E-state index is 0.610. The van der Waals surface area contributed by atoms with Crippen molar-refractivity contribution in [2.24, 2.45) is 5.92 Å². The highest BCUT2D eigenvalue weighted by Gasteiger charge is 2.25. The van der Waals surface area contributed by atoms with Crippen molar-refractivity contribution in [1.82, 2.24) is 9.38 Å². The van der Waals surface area contributed by atoms with Crippen molar-refractivity contribution in [1.29, 1.82) is 0 Å². The molecule has 36 heavy (non-hydrogen) atoms. The lowest BCUT2D eigenvalue weighted by Crippen LogP contribution is -2.06. The summed E-state index contributed by atoms with van der Waals surface area (Å²) in [4.78, 5) is 4.96. The molecule has 3 heterocycles. The molecule has 0 bridgehead atoms. The maximum absolute atomic E-state index is 4.96. The summed E-state index contributed by atoms with van der Waals surface area (Å²) in [6, 6.07) is 23.1. The lowest BCUT2D eigenvalue weighted by Gasteiger charge is -2.24. The van der Waals surface area contributed by atoms with Gasteiger partial charge in [0.1, 0.15) is 0 Å². The van der Waals surface area contributed by atoms with E-state index in [1.807, 2.05) is 0 Å². The number of aryl methyl sites for hydroxylation is 1. The van der Waals surface area contributed by atoms with Gasteiger partial charge in [-0.15, -0.1) is 0 Å². The van der Waals surface area contributed by atoms with Crippen molar-refractivity contribution in [3.63, 3.8) is 0 Å². The highest BCUT2D eigenvalue weighted by molar-refractivity contribution is 6.24. The molecule has 0 amide bonds. The Morgan fingerprint density at radius 3 is 2.39 bits per heavy atom. The molecule has 0 saturated heterocycles. The van der Waals surface area contributed by atoms with E-state index in [-0.39, 0.29) is 0 Å². The van der Waals surface area contributed by atoms with Gasteiger partial charge in [-0.1, -0.05) is 69.5 Å². The standard InChI is InChI=1S/C34H34N2/c1-21(2)16-24-19-31(35-20-22(24)3)25-17-29(23-10-5-4-6-11-23)34-30(18-25)28-14-9-13-27-26-12-7-8-15-32(26)36(34)33(27)28/h7-9,12-15,17-21,23H,4-6,10-11,16H2,1-3H3. The van der Waals surface area contributed by atoms with Crippen LogP contribution in [-0.2, 0) is 6.42 Å². The summed E-state index contributed by atoms with van der Waals surface area (Å²) in [5.74, 6) is 1.24. The zero-order chi connectivity index (χ0) is 24.4. The largest absolute Gasteiger partial charge is 0.308 e. The predicted molar refractivity (Wildman–Crippen MR) is 153 cm³/mol. The van der Waals surface area contributed by atoms with Gasteiger partial charge in [-0.05, 0) is 79.0 Å². The van der Waals surface area contributed by atoms with Crippen molar-refractivity contribution >= 4 is 38.1 Å². The van der Waals surface area contributed by atoms with Crippen LogP contribution >= 0.6 is 0 Å². The maximum Gasteiger partial charge on any atom is 0.0705 e.